The number of quaternary nitrogens is 2. The molecule has 2 rings (SSSR count). The van der Waals surface area contributed by atoms with E-state index >= 15 is 0 Å². The van der Waals surface area contributed by atoms with Crippen LogP contribution in [0.1, 0.15) is 63.5 Å². The quantitative estimate of drug-likeness (QED) is 0.146. The van der Waals surface area contributed by atoms with E-state index in [9.17, 15) is 24.0 Å². The third kappa shape index (κ3) is 9.04. The highest BCUT2D eigenvalue weighted by molar-refractivity contribution is 7.84. The number of allylic oxidation sites excluding steroid dienone is 2. The van der Waals surface area contributed by atoms with Gasteiger partial charge in [0.1, 0.15) is 11.5 Å². The molecule has 0 aliphatic carbocycles. The zero-order valence-corrected chi connectivity index (χ0v) is 23.3. The van der Waals surface area contributed by atoms with Crippen LogP contribution in [0.15, 0.2) is 84.3 Å². The standard InChI is InChI=1S/C30H40N2O5S/c1-29(25(33)21-27(31)35,23-13-5-3-6-14-23)17-9-11-19-38(37)20-12-10-18-30(2,26(34)22-28(32)36)24-15-7-4-8-16-24/h3-8,13-16,21-22,33-34H,9-12,17-20H2,1-2H3,(H2,31,35)(H2,32,36)/p+2/b25-21-,26-22-. The van der Waals surface area contributed by atoms with Gasteiger partial charge < -0.3 is 10.2 Å². The van der Waals surface area contributed by atoms with Gasteiger partial charge in [0.15, 0.2) is 0 Å². The molecular weight excluding hydrogens is 500 g/mol. The lowest BCUT2D eigenvalue weighted by Crippen LogP contribution is -2.56. The Morgan fingerprint density at radius 1 is 0.711 bits per heavy atom. The zero-order valence-electron chi connectivity index (χ0n) is 22.5. The minimum absolute atomic E-state index is 0.0101. The number of carbonyl (C=O) groups excluding carboxylic acids is 2. The van der Waals surface area contributed by atoms with E-state index in [2.05, 4.69) is 11.5 Å². The van der Waals surface area contributed by atoms with Crippen LogP contribution in [0.25, 0.3) is 0 Å². The number of benzene rings is 2. The molecule has 2 unspecified atom stereocenters. The van der Waals surface area contributed by atoms with Gasteiger partial charge in [-0.1, -0.05) is 73.5 Å². The van der Waals surface area contributed by atoms with E-state index in [1.807, 2.05) is 74.5 Å². The van der Waals surface area contributed by atoms with Crippen molar-refractivity contribution >= 4 is 22.6 Å². The number of carbonyl (C=O) groups is 2. The van der Waals surface area contributed by atoms with Gasteiger partial charge in [0.2, 0.25) is 0 Å². The van der Waals surface area contributed by atoms with Crippen LogP contribution in [-0.2, 0) is 31.2 Å². The summed E-state index contributed by atoms with van der Waals surface area (Å²) < 4.78 is 12.7. The third-order valence-corrected chi connectivity index (χ3v) is 8.63. The van der Waals surface area contributed by atoms with E-state index in [0.29, 0.717) is 24.3 Å². The summed E-state index contributed by atoms with van der Waals surface area (Å²) in [7, 11) is -0.988. The molecule has 0 aliphatic rings. The molecule has 0 aromatic heterocycles. The van der Waals surface area contributed by atoms with Gasteiger partial charge >= 0.3 is 11.8 Å². The van der Waals surface area contributed by atoms with Crippen molar-refractivity contribution in [3.05, 3.63) is 95.5 Å². The van der Waals surface area contributed by atoms with Gasteiger partial charge in [-0.25, -0.2) is 9.59 Å². The summed E-state index contributed by atoms with van der Waals surface area (Å²) in [6, 6.07) is 19.1. The van der Waals surface area contributed by atoms with Crippen LogP contribution in [0.4, 0.5) is 0 Å². The highest BCUT2D eigenvalue weighted by Gasteiger charge is 2.33. The van der Waals surface area contributed by atoms with Crippen molar-refractivity contribution in [2.75, 3.05) is 11.5 Å². The first-order valence-electron chi connectivity index (χ1n) is 13.0. The molecule has 0 saturated heterocycles. The Labute approximate surface area is 228 Å². The summed E-state index contributed by atoms with van der Waals surface area (Å²) in [5, 5.41) is 21.4. The molecule has 0 bridgehead atoms. The first-order valence-corrected chi connectivity index (χ1v) is 14.5. The largest absolute Gasteiger partial charge is 0.511 e. The van der Waals surface area contributed by atoms with Gasteiger partial charge in [-0.05, 0) is 50.7 Å². The van der Waals surface area contributed by atoms with Crippen LogP contribution >= 0.6 is 0 Å². The number of amides is 2. The lowest BCUT2D eigenvalue weighted by Gasteiger charge is -2.29. The summed E-state index contributed by atoms with van der Waals surface area (Å²) >= 11 is 0. The molecule has 2 aromatic rings. The molecule has 0 aliphatic heterocycles. The summed E-state index contributed by atoms with van der Waals surface area (Å²) in [5.74, 6) is 0.196. The van der Waals surface area contributed by atoms with Crippen LogP contribution in [-0.4, -0.2) is 37.7 Å². The van der Waals surface area contributed by atoms with Crippen molar-refractivity contribution in [1.29, 1.82) is 0 Å². The van der Waals surface area contributed by atoms with E-state index in [4.69, 9.17) is 0 Å². The lowest BCUT2D eigenvalue weighted by atomic mass is 9.76. The highest BCUT2D eigenvalue weighted by Crippen LogP contribution is 2.36. The zero-order chi connectivity index (χ0) is 28.2. The second-order valence-corrected chi connectivity index (χ2v) is 11.8. The van der Waals surface area contributed by atoms with E-state index < -0.39 is 33.4 Å². The normalized spacial score (nSPS) is 16.3. The minimum Gasteiger partial charge on any atom is -0.511 e. The monoisotopic (exact) mass is 542 g/mol. The van der Waals surface area contributed by atoms with Gasteiger partial charge in [-0.2, -0.15) is 0 Å². The van der Waals surface area contributed by atoms with E-state index in [1.54, 1.807) is 0 Å². The van der Waals surface area contributed by atoms with Gasteiger partial charge in [0, 0.05) is 33.1 Å². The molecule has 206 valence electrons. The molecule has 0 saturated carbocycles. The van der Waals surface area contributed by atoms with Crippen LogP contribution in [0.2, 0.25) is 0 Å². The topological polar surface area (TPSA) is 147 Å². The predicted octanol–water partition coefficient (Wildman–Crippen LogP) is 3.41. The fraction of sp³-hybridized carbons (Fsp3) is 0.400. The maximum Gasteiger partial charge on any atom is 0.337 e. The van der Waals surface area contributed by atoms with Crippen molar-refractivity contribution in [3.63, 3.8) is 0 Å². The smallest absolute Gasteiger partial charge is 0.337 e. The third-order valence-electron chi connectivity index (χ3n) is 7.15. The van der Waals surface area contributed by atoms with Gasteiger partial charge in [0.25, 0.3) is 0 Å². The number of aliphatic hydroxyl groups excluding tert-OH is 2. The first-order chi connectivity index (χ1) is 18.0. The molecule has 0 fully saturated rings. The summed E-state index contributed by atoms with van der Waals surface area (Å²) in [4.78, 5) is 23.0. The van der Waals surface area contributed by atoms with Crippen molar-refractivity contribution in [2.24, 2.45) is 0 Å². The van der Waals surface area contributed by atoms with Crippen LogP contribution in [0.5, 0.6) is 0 Å². The predicted molar refractivity (Wildman–Crippen MR) is 150 cm³/mol. The highest BCUT2D eigenvalue weighted by atomic mass is 32.2. The number of hydrogen-bond donors (Lipinski definition) is 4. The molecule has 38 heavy (non-hydrogen) atoms. The van der Waals surface area contributed by atoms with Gasteiger partial charge in [-0.3, -0.25) is 15.7 Å². The summed E-state index contributed by atoms with van der Waals surface area (Å²) in [5.41, 5.74) is 7.08. The summed E-state index contributed by atoms with van der Waals surface area (Å²) in [6.45, 7) is 3.81. The van der Waals surface area contributed by atoms with Crippen LogP contribution < -0.4 is 11.5 Å². The number of rotatable bonds is 16. The number of unbranched alkanes of at least 4 members (excludes halogenated alkanes) is 2. The van der Waals surface area contributed by atoms with Crippen molar-refractivity contribution in [3.8, 4) is 0 Å². The molecule has 0 heterocycles. The second kappa shape index (κ2) is 14.8. The van der Waals surface area contributed by atoms with E-state index in [0.717, 1.165) is 36.8 Å². The molecule has 2 aromatic carbocycles. The molecule has 8 heteroatoms. The summed E-state index contributed by atoms with van der Waals surface area (Å²) in [6.07, 6.45) is 6.51. The SMILES string of the molecule is CC(CCCCS(=O)CCCCC(C)(/C(O)=C/C([NH3+])=O)c1ccccc1)(/C(O)=C/C([NH3+])=O)c1ccccc1. The minimum atomic E-state index is -0.988. The van der Waals surface area contributed by atoms with Crippen molar-refractivity contribution < 1.29 is 35.5 Å². The lowest BCUT2D eigenvalue weighted by molar-refractivity contribution is -0.299. The van der Waals surface area contributed by atoms with E-state index in [1.165, 1.54) is 12.2 Å². The fourth-order valence-electron chi connectivity index (χ4n) is 4.66. The maximum atomic E-state index is 12.7. The van der Waals surface area contributed by atoms with Crippen molar-refractivity contribution in [1.82, 2.24) is 0 Å². The average molecular weight is 543 g/mol. The van der Waals surface area contributed by atoms with Crippen LogP contribution in [0, 0.1) is 0 Å². The van der Waals surface area contributed by atoms with Crippen LogP contribution in [0.3, 0.4) is 0 Å². The average Bonchev–Trinajstić information content (AvgIpc) is 2.89. The first kappa shape index (κ1) is 31.1. The molecule has 0 radical (unpaired) electrons. The Hall–Kier alpha value is -3.07. The molecule has 7 nitrogen and oxygen atoms in total. The number of hydrogen-bond acceptors (Lipinski definition) is 5. The van der Waals surface area contributed by atoms with Crippen molar-refractivity contribution in [2.45, 2.75) is 63.2 Å². The Bertz CT molecular complexity index is 1060. The number of aliphatic hydroxyl groups is 2. The van der Waals surface area contributed by atoms with Gasteiger partial charge in [0.05, 0.1) is 12.2 Å². The molecule has 0 spiro atoms. The Morgan fingerprint density at radius 2 is 1.05 bits per heavy atom. The second-order valence-electron chi connectivity index (χ2n) is 10.2. The Kier molecular flexibility index (Phi) is 12.1. The molecule has 2 amide bonds. The Morgan fingerprint density at radius 3 is 1.37 bits per heavy atom. The molecule has 8 N–H and O–H groups in total. The Balaban J connectivity index is 1.89. The fourth-order valence-corrected chi connectivity index (χ4v) is 5.92. The molecule has 2 atom stereocenters. The maximum absolute atomic E-state index is 12.7. The molecular formula is C30H42N2O5S+2. The van der Waals surface area contributed by atoms with E-state index in [-0.39, 0.29) is 11.5 Å². The van der Waals surface area contributed by atoms with Gasteiger partial charge in [-0.15, -0.1) is 0 Å².